The third-order valence-corrected chi connectivity index (χ3v) is 3.92. The van der Waals surface area contributed by atoms with Crippen LogP contribution in [-0.2, 0) is 15.0 Å². The summed E-state index contributed by atoms with van der Waals surface area (Å²) in [6.07, 6.45) is 2.84. The van der Waals surface area contributed by atoms with Gasteiger partial charge in [0, 0.05) is 0 Å². The van der Waals surface area contributed by atoms with Crippen LogP contribution in [0.1, 0.15) is 58.9 Å². The number of rotatable bonds is 9. The van der Waals surface area contributed by atoms with Gasteiger partial charge in [0.1, 0.15) is 17.5 Å². The highest BCUT2D eigenvalue weighted by Gasteiger charge is 2.21. The highest BCUT2D eigenvalue weighted by atomic mass is 16.5. The lowest BCUT2D eigenvalue weighted by molar-refractivity contribution is -0.146. The summed E-state index contributed by atoms with van der Waals surface area (Å²) in [6, 6.07) is 8.13. The van der Waals surface area contributed by atoms with E-state index in [0.717, 1.165) is 25.0 Å². The average Bonchev–Trinajstić information content (AvgIpc) is 2.45. The van der Waals surface area contributed by atoms with Gasteiger partial charge in [-0.2, -0.15) is 0 Å². The van der Waals surface area contributed by atoms with E-state index >= 15 is 0 Å². The molecule has 1 rings (SSSR count). The van der Waals surface area contributed by atoms with Crippen LogP contribution in [0.4, 0.5) is 0 Å². The average molecular weight is 320 g/mol. The lowest BCUT2D eigenvalue weighted by Gasteiger charge is -2.19. The van der Waals surface area contributed by atoms with Gasteiger partial charge >= 0.3 is 5.97 Å². The quantitative estimate of drug-likeness (QED) is 0.547. The minimum Gasteiger partial charge on any atom is -0.494 e. The molecule has 0 aliphatic heterocycles. The number of carbonyl (C=O) groups is 2. The standard InChI is InChI=1S/C19H28O4/c1-14(20)17(18(21)22)8-6-5-7-13-23-16-11-9-15(10-12-16)19(2,3)4/h9-12,17H,5-8,13H2,1-4H3,(H,21,22). The fraction of sp³-hybridized carbons (Fsp3) is 0.579. The van der Waals surface area contributed by atoms with Crippen LogP contribution in [0, 0.1) is 5.92 Å². The van der Waals surface area contributed by atoms with Crippen molar-refractivity contribution < 1.29 is 19.4 Å². The molecule has 0 radical (unpaired) electrons. The van der Waals surface area contributed by atoms with Gasteiger partial charge in [0.05, 0.1) is 6.61 Å². The third-order valence-electron chi connectivity index (χ3n) is 3.92. The zero-order valence-electron chi connectivity index (χ0n) is 14.6. The molecule has 1 aromatic carbocycles. The monoisotopic (exact) mass is 320 g/mol. The first-order valence-electron chi connectivity index (χ1n) is 8.18. The minimum absolute atomic E-state index is 0.135. The molecule has 0 aliphatic carbocycles. The largest absolute Gasteiger partial charge is 0.494 e. The summed E-state index contributed by atoms with van der Waals surface area (Å²) in [4.78, 5) is 22.1. The van der Waals surface area contributed by atoms with E-state index in [1.54, 1.807) is 0 Å². The number of ketones is 1. The maximum Gasteiger partial charge on any atom is 0.314 e. The van der Waals surface area contributed by atoms with Gasteiger partial charge in [-0.3, -0.25) is 9.59 Å². The van der Waals surface area contributed by atoms with Crippen molar-refractivity contribution in [3.05, 3.63) is 29.8 Å². The van der Waals surface area contributed by atoms with E-state index < -0.39 is 11.9 Å². The van der Waals surface area contributed by atoms with Gasteiger partial charge in [-0.15, -0.1) is 0 Å². The van der Waals surface area contributed by atoms with Crippen LogP contribution in [0.5, 0.6) is 5.75 Å². The van der Waals surface area contributed by atoms with Crippen molar-refractivity contribution in [3.63, 3.8) is 0 Å². The molecule has 1 unspecified atom stereocenters. The number of aliphatic carboxylic acids is 1. The van der Waals surface area contributed by atoms with Gasteiger partial charge in [0.2, 0.25) is 0 Å². The molecule has 0 spiro atoms. The van der Waals surface area contributed by atoms with E-state index in [1.165, 1.54) is 12.5 Å². The molecule has 128 valence electrons. The third kappa shape index (κ3) is 6.85. The second-order valence-electron chi connectivity index (χ2n) is 6.97. The van der Waals surface area contributed by atoms with Crippen molar-refractivity contribution in [1.82, 2.24) is 0 Å². The van der Waals surface area contributed by atoms with Crippen LogP contribution in [0.3, 0.4) is 0 Å². The number of unbranched alkanes of at least 4 members (excludes halogenated alkanes) is 2. The Morgan fingerprint density at radius 1 is 1.09 bits per heavy atom. The van der Waals surface area contributed by atoms with Crippen molar-refractivity contribution in [2.75, 3.05) is 6.61 Å². The molecule has 0 fully saturated rings. The maximum atomic E-state index is 11.2. The van der Waals surface area contributed by atoms with E-state index in [9.17, 15) is 9.59 Å². The highest BCUT2D eigenvalue weighted by Crippen LogP contribution is 2.24. The summed E-state index contributed by atoms with van der Waals surface area (Å²) in [5, 5.41) is 8.93. The summed E-state index contributed by atoms with van der Waals surface area (Å²) in [7, 11) is 0. The number of hydrogen-bond acceptors (Lipinski definition) is 3. The molecule has 1 atom stereocenters. The number of Topliss-reactive ketones (excluding diaryl/α,β-unsaturated/α-hetero) is 1. The molecular formula is C19H28O4. The van der Waals surface area contributed by atoms with Crippen LogP contribution in [0.2, 0.25) is 0 Å². The number of benzene rings is 1. The molecule has 0 bridgehead atoms. The van der Waals surface area contributed by atoms with Crippen molar-refractivity contribution >= 4 is 11.8 Å². The summed E-state index contributed by atoms with van der Waals surface area (Å²) in [5.74, 6) is -1.30. The first-order chi connectivity index (χ1) is 10.7. The molecule has 0 saturated heterocycles. The van der Waals surface area contributed by atoms with Gasteiger partial charge in [-0.05, 0) is 42.9 Å². The zero-order chi connectivity index (χ0) is 17.5. The number of carboxylic acids is 1. The Bertz CT molecular complexity index is 497. The second-order valence-corrected chi connectivity index (χ2v) is 6.97. The Morgan fingerprint density at radius 3 is 2.17 bits per heavy atom. The van der Waals surface area contributed by atoms with E-state index in [1.807, 2.05) is 12.1 Å². The molecule has 0 heterocycles. The summed E-state index contributed by atoms with van der Waals surface area (Å²) >= 11 is 0. The molecule has 1 N–H and O–H groups in total. The van der Waals surface area contributed by atoms with E-state index in [0.29, 0.717) is 13.0 Å². The van der Waals surface area contributed by atoms with E-state index in [4.69, 9.17) is 9.84 Å². The first-order valence-corrected chi connectivity index (χ1v) is 8.18. The molecule has 0 aliphatic rings. The lowest BCUT2D eigenvalue weighted by Crippen LogP contribution is -2.21. The predicted molar refractivity (Wildman–Crippen MR) is 90.9 cm³/mol. The van der Waals surface area contributed by atoms with Gasteiger partial charge in [-0.1, -0.05) is 45.7 Å². The number of carboxylic acid groups (broad SMARTS) is 1. The Hall–Kier alpha value is -1.84. The SMILES string of the molecule is CC(=O)C(CCCCCOc1ccc(C(C)(C)C)cc1)C(=O)O. The molecule has 0 amide bonds. The van der Waals surface area contributed by atoms with Crippen LogP contribution < -0.4 is 4.74 Å². The van der Waals surface area contributed by atoms with E-state index in [-0.39, 0.29) is 11.2 Å². The lowest BCUT2D eigenvalue weighted by atomic mass is 9.87. The van der Waals surface area contributed by atoms with Crippen LogP contribution in [-0.4, -0.2) is 23.5 Å². The number of hydrogen-bond donors (Lipinski definition) is 1. The normalized spacial score (nSPS) is 12.7. The van der Waals surface area contributed by atoms with Gasteiger partial charge in [-0.25, -0.2) is 0 Å². The molecule has 23 heavy (non-hydrogen) atoms. The molecule has 4 heteroatoms. The van der Waals surface area contributed by atoms with Crippen LogP contribution >= 0.6 is 0 Å². The molecule has 1 aromatic rings. The second kappa shape index (κ2) is 8.70. The van der Waals surface area contributed by atoms with E-state index in [2.05, 4.69) is 32.9 Å². The zero-order valence-corrected chi connectivity index (χ0v) is 14.6. The van der Waals surface area contributed by atoms with Crippen LogP contribution in [0.15, 0.2) is 24.3 Å². The maximum absolute atomic E-state index is 11.2. The molecule has 0 aromatic heterocycles. The Balaban J connectivity index is 2.25. The Kier molecular flexibility index (Phi) is 7.27. The summed E-state index contributed by atoms with van der Waals surface area (Å²) in [6.45, 7) is 8.46. The number of carbonyl (C=O) groups excluding carboxylic acids is 1. The van der Waals surface area contributed by atoms with Crippen LogP contribution in [0.25, 0.3) is 0 Å². The highest BCUT2D eigenvalue weighted by molar-refractivity contribution is 5.96. The fourth-order valence-corrected chi connectivity index (χ4v) is 2.37. The molecule has 0 saturated carbocycles. The van der Waals surface area contributed by atoms with Gasteiger partial charge in [0.15, 0.2) is 0 Å². The Morgan fingerprint density at radius 2 is 1.70 bits per heavy atom. The van der Waals surface area contributed by atoms with Crippen molar-refractivity contribution in [2.45, 2.75) is 58.8 Å². The summed E-state index contributed by atoms with van der Waals surface area (Å²) in [5.41, 5.74) is 1.41. The molecular weight excluding hydrogens is 292 g/mol. The predicted octanol–water partition coefficient (Wildman–Crippen LogP) is 4.21. The van der Waals surface area contributed by atoms with Crippen molar-refractivity contribution in [1.29, 1.82) is 0 Å². The molecule has 4 nitrogen and oxygen atoms in total. The number of ether oxygens (including phenoxy) is 1. The van der Waals surface area contributed by atoms with Gasteiger partial charge < -0.3 is 9.84 Å². The van der Waals surface area contributed by atoms with Crippen molar-refractivity contribution in [3.8, 4) is 5.75 Å². The Labute approximate surface area is 138 Å². The summed E-state index contributed by atoms with van der Waals surface area (Å²) < 4.78 is 5.69. The van der Waals surface area contributed by atoms with Gasteiger partial charge in [0.25, 0.3) is 0 Å². The fourth-order valence-electron chi connectivity index (χ4n) is 2.37. The topological polar surface area (TPSA) is 63.6 Å². The minimum atomic E-state index is -1.02. The first kappa shape index (κ1) is 19.2. The smallest absolute Gasteiger partial charge is 0.314 e. The van der Waals surface area contributed by atoms with Crippen molar-refractivity contribution in [2.24, 2.45) is 5.92 Å².